The highest BCUT2D eigenvalue weighted by molar-refractivity contribution is 5.99. The van der Waals surface area contributed by atoms with Crippen molar-refractivity contribution in [2.45, 2.75) is 24.8 Å². The molecule has 1 amide bonds. The largest absolute Gasteiger partial charge is 0.493 e. The van der Waals surface area contributed by atoms with Crippen molar-refractivity contribution < 1.29 is 65.6 Å². The van der Waals surface area contributed by atoms with Crippen molar-refractivity contribution in [3.05, 3.63) is 65.2 Å². The van der Waals surface area contributed by atoms with E-state index in [4.69, 9.17) is 46.8 Å². The number of alkyl halides is 6. The molecule has 1 atom stereocenters. The number of carboxylic acid groups (broad SMARTS) is 3. The summed E-state index contributed by atoms with van der Waals surface area (Å²) in [5.74, 6) is -7.03. The highest BCUT2D eigenvalue weighted by Gasteiger charge is 2.38. The molecule has 0 spiro atoms. The van der Waals surface area contributed by atoms with Crippen LogP contribution in [-0.2, 0) is 14.4 Å². The van der Waals surface area contributed by atoms with E-state index in [1.54, 1.807) is 24.3 Å². The summed E-state index contributed by atoms with van der Waals surface area (Å²) in [5.41, 5.74) is 12.0. The van der Waals surface area contributed by atoms with E-state index in [0.29, 0.717) is 16.9 Å². The van der Waals surface area contributed by atoms with Gasteiger partial charge in [0.2, 0.25) is 0 Å². The minimum Gasteiger partial charge on any atom is -0.493 e. The van der Waals surface area contributed by atoms with Gasteiger partial charge in [-0.1, -0.05) is 24.3 Å². The number of nitrogens with one attached hydrogen (secondary N) is 3. The van der Waals surface area contributed by atoms with Crippen LogP contribution in [-0.4, -0.2) is 75.8 Å². The number of nitrogens with two attached hydrogens (primary N) is 2. The summed E-state index contributed by atoms with van der Waals surface area (Å²) >= 11 is 0. The zero-order valence-corrected chi connectivity index (χ0v) is 20.9. The molecule has 0 aliphatic heterocycles. The van der Waals surface area contributed by atoms with Crippen LogP contribution in [0.2, 0.25) is 0 Å². The molecule has 0 fully saturated rings. The van der Waals surface area contributed by atoms with Gasteiger partial charge in [-0.3, -0.25) is 15.6 Å². The summed E-state index contributed by atoms with van der Waals surface area (Å²) in [6.45, 7) is 0.0435. The molecule has 0 unspecified atom stereocenters. The Labute approximate surface area is 231 Å². The number of ether oxygens (including phenoxy) is 1. The number of amidine groups is 2. The van der Waals surface area contributed by atoms with Gasteiger partial charge in [-0.05, 0) is 24.3 Å². The number of halogens is 6. The van der Waals surface area contributed by atoms with Crippen molar-refractivity contribution >= 4 is 35.5 Å². The van der Waals surface area contributed by atoms with Gasteiger partial charge < -0.3 is 36.8 Å². The van der Waals surface area contributed by atoms with Gasteiger partial charge in [0.1, 0.15) is 23.5 Å². The Morgan fingerprint density at radius 1 is 0.786 bits per heavy atom. The highest BCUT2D eigenvalue weighted by atomic mass is 19.4. The van der Waals surface area contributed by atoms with Gasteiger partial charge in [0.25, 0.3) is 5.91 Å². The monoisotopic (exact) mass is 611 g/mol. The van der Waals surface area contributed by atoms with Crippen molar-refractivity contribution in [3.63, 3.8) is 0 Å². The van der Waals surface area contributed by atoms with Crippen LogP contribution in [0.1, 0.15) is 27.9 Å². The van der Waals surface area contributed by atoms with E-state index in [0.717, 1.165) is 0 Å². The first-order chi connectivity index (χ1) is 19.2. The van der Waals surface area contributed by atoms with Crippen LogP contribution >= 0.6 is 0 Å². The van der Waals surface area contributed by atoms with Crippen molar-refractivity contribution in [1.29, 1.82) is 10.8 Å². The average Bonchev–Trinajstić information content (AvgIpc) is 2.87. The number of carbonyl (C=O) groups excluding carboxylic acids is 1. The third-order valence-corrected chi connectivity index (χ3v) is 4.37. The van der Waals surface area contributed by atoms with E-state index in [1.165, 1.54) is 24.3 Å². The maximum absolute atomic E-state index is 12.3. The molecule has 230 valence electrons. The number of hydrogen-bond acceptors (Lipinski definition) is 7. The zero-order valence-electron chi connectivity index (χ0n) is 20.9. The molecule has 2 aromatic rings. The standard InChI is InChI=1S/C19H21N5O4.2C2HF3O2/c20-16(21)11-4-6-12(7-5-11)18(25)24-15(19(26)27)8-9-28-14-3-1-2-13(10-14)17(22)23;2*3-2(4,5)1(6)7/h1-7,10,15H,8-9H2,(H3,20,21)(H3,22,23)(H,24,25)(H,26,27);2*(H,6,7)/t15-;;/m1../s1. The Morgan fingerprint density at radius 3 is 1.60 bits per heavy atom. The highest BCUT2D eigenvalue weighted by Crippen LogP contribution is 2.15. The van der Waals surface area contributed by atoms with Crippen LogP contribution in [0.25, 0.3) is 0 Å². The Hall–Kier alpha value is -5.36. The van der Waals surface area contributed by atoms with E-state index in [-0.39, 0.29) is 30.3 Å². The molecular weight excluding hydrogens is 588 g/mol. The maximum Gasteiger partial charge on any atom is 0.490 e. The van der Waals surface area contributed by atoms with E-state index in [1.807, 2.05) is 0 Å². The quantitative estimate of drug-likeness (QED) is 0.117. The number of carboxylic acids is 3. The van der Waals surface area contributed by atoms with E-state index >= 15 is 0 Å². The van der Waals surface area contributed by atoms with Crippen LogP contribution in [0.5, 0.6) is 5.75 Å². The number of rotatable bonds is 9. The molecule has 10 N–H and O–H groups in total. The van der Waals surface area contributed by atoms with Gasteiger partial charge in [0, 0.05) is 23.1 Å². The SMILES string of the molecule is N=C(N)c1ccc(C(=O)N[C@H](CCOc2cccc(C(=N)N)c2)C(=O)O)cc1.O=C(O)C(F)(F)F.O=C(O)C(F)(F)F. The molecular formula is C23H23F6N5O8. The number of aliphatic carboxylic acids is 3. The lowest BCUT2D eigenvalue weighted by Gasteiger charge is -2.15. The molecule has 0 aromatic heterocycles. The molecule has 42 heavy (non-hydrogen) atoms. The predicted octanol–water partition coefficient (Wildman–Crippen LogP) is 2.17. The minimum absolute atomic E-state index is 0.0386. The van der Waals surface area contributed by atoms with Crippen LogP contribution in [0, 0.1) is 10.8 Å². The first kappa shape index (κ1) is 36.6. The smallest absolute Gasteiger partial charge is 0.490 e. The van der Waals surface area contributed by atoms with Crippen molar-refractivity contribution in [3.8, 4) is 5.75 Å². The van der Waals surface area contributed by atoms with Crippen LogP contribution in [0.4, 0.5) is 26.3 Å². The number of nitrogen functional groups attached to an aromatic ring is 2. The Kier molecular flexibility index (Phi) is 14.0. The molecule has 0 aliphatic rings. The van der Waals surface area contributed by atoms with Crippen LogP contribution < -0.4 is 21.5 Å². The predicted molar refractivity (Wildman–Crippen MR) is 131 cm³/mol. The number of amides is 1. The Balaban J connectivity index is 0.000000990. The fraction of sp³-hybridized carbons (Fsp3) is 0.217. The lowest BCUT2D eigenvalue weighted by atomic mass is 10.1. The van der Waals surface area contributed by atoms with Gasteiger partial charge in [-0.25, -0.2) is 14.4 Å². The molecule has 0 bridgehead atoms. The van der Waals surface area contributed by atoms with Crippen molar-refractivity contribution in [1.82, 2.24) is 5.32 Å². The molecule has 0 aliphatic carbocycles. The van der Waals surface area contributed by atoms with E-state index in [9.17, 15) is 41.0 Å². The van der Waals surface area contributed by atoms with Gasteiger partial charge in [-0.15, -0.1) is 0 Å². The topological polar surface area (TPSA) is 250 Å². The summed E-state index contributed by atoms with van der Waals surface area (Å²) in [6, 6.07) is 11.4. The van der Waals surface area contributed by atoms with Crippen molar-refractivity contribution in [2.75, 3.05) is 6.61 Å². The molecule has 19 heteroatoms. The first-order valence-corrected chi connectivity index (χ1v) is 10.8. The fourth-order valence-electron chi connectivity index (χ4n) is 2.35. The molecule has 0 saturated carbocycles. The summed E-state index contributed by atoms with van der Waals surface area (Å²) in [5, 5.41) is 40.8. The molecule has 2 aromatic carbocycles. The van der Waals surface area contributed by atoms with Gasteiger partial charge >= 0.3 is 30.3 Å². The summed E-state index contributed by atoms with van der Waals surface area (Å²) in [4.78, 5) is 41.5. The molecule has 0 heterocycles. The van der Waals surface area contributed by atoms with Crippen LogP contribution in [0.15, 0.2) is 48.5 Å². The van der Waals surface area contributed by atoms with Crippen LogP contribution in [0.3, 0.4) is 0 Å². The number of carbonyl (C=O) groups is 4. The fourth-order valence-corrected chi connectivity index (χ4v) is 2.35. The zero-order chi connectivity index (χ0) is 32.8. The molecule has 2 rings (SSSR count). The van der Waals surface area contributed by atoms with Gasteiger partial charge in [-0.2, -0.15) is 26.3 Å². The van der Waals surface area contributed by atoms with E-state index < -0.39 is 42.2 Å². The summed E-state index contributed by atoms with van der Waals surface area (Å²) in [7, 11) is 0. The normalized spacial score (nSPS) is 11.3. The minimum atomic E-state index is -5.08. The summed E-state index contributed by atoms with van der Waals surface area (Å²) in [6.07, 6.45) is -10.1. The number of hydrogen-bond donors (Lipinski definition) is 8. The maximum atomic E-state index is 12.3. The van der Waals surface area contributed by atoms with Gasteiger partial charge in [0.15, 0.2) is 0 Å². The molecule has 0 saturated heterocycles. The lowest BCUT2D eigenvalue weighted by Crippen LogP contribution is -2.41. The third-order valence-electron chi connectivity index (χ3n) is 4.37. The second-order valence-electron chi connectivity index (χ2n) is 7.54. The van der Waals surface area contributed by atoms with Crippen molar-refractivity contribution in [2.24, 2.45) is 11.5 Å². The average molecular weight is 611 g/mol. The number of benzene rings is 2. The lowest BCUT2D eigenvalue weighted by molar-refractivity contribution is -0.193. The van der Waals surface area contributed by atoms with E-state index in [2.05, 4.69) is 5.32 Å². The Morgan fingerprint density at radius 2 is 1.21 bits per heavy atom. The second kappa shape index (κ2) is 16.0. The third kappa shape index (κ3) is 14.1. The van der Waals surface area contributed by atoms with Gasteiger partial charge in [0.05, 0.1) is 6.61 Å². The Bertz CT molecular complexity index is 1260. The molecule has 0 radical (unpaired) electrons. The molecule has 13 nitrogen and oxygen atoms in total. The summed E-state index contributed by atoms with van der Waals surface area (Å²) < 4.78 is 69.0. The second-order valence-corrected chi connectivity index (χ2v) is 7.54. The first-order valence-electron chi connectivity index (χ1n) is 10.8.